The van der Waals surface area contributed by atoms with Gasteiger partial charge >= 0.3 is 0 Å². The Morgan fingerprint density at radius 1 is 1.14 bits per heavy atom. The number of piperazine rings is 1. The van der Waals surface area contributed by atoms with Crippen molar-refractivity contribution in [1.29, 1.82) is 0 Å². The highest BCUT2D eigenvalue weighted by atomic mass is 16.2. The fourth-order valence-corrected chi connectivity index (χ4v) is 2.19. The lowest BCUT2D eigenvalue weighted by Crippen LogP contribution is -2.55. The normalized spacial score (nSPS) is 29.4. The molecule has 0 spiro atoms. The van der Waals surface area contributed by atoms with Gasteiger partial charge in [-0.15, -0.1) is 0 Å². The van der Waals surface area contributed by atoms with Gasteiger partial charge in [0.05, 0.1) is 0 Å². The van der Waals surface area contributed by atoms with E-state index in [4.69, 9.17) is 5.11 Å². The predicted molar refractivity (Wildman–Crippen MR) is 59.4 cm³/mol. The SMILES string of the molecule is CC1CNCC(C)N1CCCCCO. The zero-order valence-corrected chi connectivity index (χ0v) is 9.50. The topological polar surface area (TPSA) is 35.5 Å². The Balaban J connectivity index is 2.19. The second-order valence-electron chi connectivity index (χ2n) is 4.38. The van der Waals surface area contributed by atoms with Crippen molar-refractivity contribution in [1.82, 2.24) is 10.2 Å². The number of aliphatic hydroxyl groups excluding tert-OH is 1. The predicted octanol–water partition coefficient (Wildman–Crippen LogP) is 0.831. The molecule has 0 saturated carbocycles. The van der Waals surface area contributed by atoms with Crippen LogP contribution in [0, 0.1) is 0 Å². The highest BCUT2D eigenvalue weighted by Crippen LogP contribution is 2.11. The van der Waals surface area contributed by atoms with Gasteiger partial charge in [0.2, 0.25) is 0 Å². The summed E-state index contributed by atoms with van der Waals surface area (Å²) < 4.78 is 0. The van der Waals surface area contributed by atoms with E-state index < -0.39 is 0 Å². The standard InChI is InChI=1S/C11H24N2O/c1-10-8-12-9-11(2)13(10)6-4-3-5-7-14/h10-12,14H,3-9H2,1-2H3. The summed E-state index contributed by atoms with van der Waals surface area (Å²) in [6.07, 6.45) is 3.32. The van der Waals surface area contributed by atoms with Gasteiger partial charge in [0.1, 0.15) is 0 Å². The lowest BCUT2D eigenvalue weighted by molar-refractivity contribution is 0.114. The quantitative estimate of drug-likeness (QED) is 0.645. The smallest absolute Gasteiger partial charge is 0.0431 e. The van der Waals surface area contributed by atoms with Crippen molar-refractivity contribution in [2.24, 2.45) is 0 Å². The molecule has 0 aromatic carbocycles. The van der Waals surface area contributed by atoms with Gasteiger partial charge in [-0.3, -0.25) is 4.90 Å². The van der Waals surface area contributed by atoms with Crippen LogP contribution in [-0.4, -0.2) is 48.3 Å². The first-order valence-electron chi connectivity index (χ1n) is 5.83. The summed E-state index contributed by atoms with van der Waals surface area (Å²) in [5.41, 5.74) is 0. The first kappa shape index (κ1) is 12.0. The highest BCUT2D eigenvalue weighted by molar-refractivity contribution is 4.82. The summed E-state index contributed by atoms with van der Waals surface area (Å²) in [6, 6.07) is 1.32. The zero-order valence-electron chi connectivity index (χ0n) is 9.50. The molecule has 3 nitrogen and oxygen atoms in total. The van der Waals surface area contributed by atoms with E-state index in [0.717, 1.165) is 25.9 Å². The van der Waals surface area contributed by atoms with Gasteiger partial charge in [0, 0.05) is 31.8 Å². The molecular weight excluding hydrogens is 176 g/mol. The second-order valence-corrected chi connectivity index (χ2v) is 4.38. The van der Waals surface area contributed by atoms with Gasteiger partial charge in [-0.05, 0) is 39.7 Å². The van der Waals surface area contributed by atoms with Crippen LogP contribution < -0.4 is 5.32 Å². The first-order valence-corrected chi connectivity index (χ1v) is 5.83. The third kappa shape index (κ3) is 3.56. The van der Waals surface area contributed by atoms with Gasteiger partial charge in [-0.1, -0.05) is 0 Å². The molecule has 1 fully saturated rings. The summed E-state index contributed by atoms with van der Waals surface area (Å²) in [4.78, 5) is 2.58. The van der Waals surface area contributed by atoms with E-state index in [1.807, 2.05) is 0 Å². The molecule has 3 heteroatoms. The van der Waals surface area contributed by atoms with Crippen LogP contribution in [0.4, 0.5) is 0 Å². The van der Waals surface area contributed by atoms with Crippen molar-refractivity contribution in [3.63, 3.8) is 0 Å². The van der Waals surface area contributed by atoms with E-state index in [1.165, 1.54) is 13.0 Å². The molecule has 2 atom stereocenters. The maximum Gasteiger partial charge on any atom is 0.0431 e. The zero-order chi connectivity index (χ0) is 10.4. The third-order valence-electron chi connectivity index (χ3n) is 3.09. The lowest BCUT2D eigenvalue weighted by atomic mass is 10.1. The van der Waals surface area contributed by atoms with Gasteiger partial charge < -0.3 is 10.4 Å². The molecule has 0 aliphatic carbocycles. The Morgan fingerprint density at radius 2 is 1.79 bits per heavy atom. The number of nitrogens with one attached hydrogen (secondary N) is 1. The van der Waals surface area contributed by atoms with Crippen molar-refractivity contribution >= 4 is 0 Å². The van der Waals surface area contributed by atoms with Crippen molar-refractivity contribution < 1.29 is 5.11 Å². The summed E-state index contributed by atoms with van der Waals surface area (Å²) in [5.74, 6) is 0. The fraction of sp³-hybridized carbons (Fsp3) is 1.00. The van der Waals surface area contributed by atoms with Crippen molar-refractivity contribution in [3.8, 4) is 0 Å². The molecule has 1 saturated heterocycles. The van der Waals surface area contributed by atoms with Gasteiger partial charge in [-0.25, -0.2) is 0 Å². The third-order valence-corrected chi connectivity index (χ3v) is 3.09. The van der Waals surface area contributed by atoms with E-state index in [1.54, 1.807) is 0 Å². The molecule has 14 heavy (non-hydrogen) atoms. The molecule has 2 unspecified atom stereocenters. The number of hydrogen-bond acceptors (Lipinski definition) is 3. The van der Waals surface area contributed by atoms with Gasteiger partial charge in [-0.2, -0.15) is 0 Å². The fourth-order valence-electron chi connectivity index (χ4n) is 2.19. The largest absolute Gasteiger partial charge is 0.396 e. The van der Waals surface area contributed by atoms with E-state index in [2.05, 4.69) is 24.1 Å². The number of nitrogens with zero attached hydrogens (tertiary/aromatic N) is 1. The average molecular weight is 200 g/mol. The van der Waals surface area contributed by atoms with Crippen LogP contribution in [0.25, 0.3) is 0 Å². The summed E-state index contributed by atoms with van der Waals surface area (Å²) in [7, 11) is 0. The van der Waals surface area contributed by atoms with Crippen LogP contribution in [0.15, 0.2) is 0 Å². The molecule has 0 amide bonds. The van der Waals surface area contributed by atoms with Crippen LogP contribution in [0.5, 0.6) is 0 Å². The second kappa shape index (κ2) is 6.38. The Kier molecular flexibility index (Phi) is 5.45. The molecule has 1 aliphatic heterocycles. The van der Waals surface area contributed by atoms with Crippen molar-refractivity contribution in [3.05, 3.63) is 0 Å². The van der Waals surface area contributed by atoms with Crippen LogP contribution in [0.2, 0.25) is 0 Å². The Labute approximate surface area is 87.5 Å². The van der Waals surface area contributed by atoms with Crippen LogP contribution >= 0.6 is 0 Å². The summed E-state index contributed by atoms with van der Waals surface area (Å²) in [5, 5.41) is 12.1. The molecule has 2 N–H and O–H groups in total. The number of unbranched alkanes of at least 4 members (excludes halogenated alkanes) is 2. The van der Waals surface area contributed by atoms with E-state index >= 15 is 0 Å². The maximum absolute atomic E-state index is 8.68. The minimum atomic E-state index is 0.340. The van der Waals surface area contributed by atoms with Crippen LogP contribution in [-0.2, 0) is 0 Å². The number of rotatable bonds is 5. The van der Waals surface area contributed by atoms with Gasteiger partial charge in [0.15, 0.2) is 0 Å². The van der Waals surface area contributed by atoms with Crippen molar-refractivity contribution in [2.45, 2.75) is 45.2 Å². The summed E-state index contributed by atoms with van der Waals surface area (Å²) in [6.45, 7) is 8.33. The molecular formula is C11H24N2O. The Bertz CT molecular complexity index is 142. The van der Waals surface area contributed by atoms with Gasteiger partial charge in [0.25, 0.3) is 0 Å². The molecule has 84 valence electrons. The molecule has 1 heterocycles. The number of hydrogen-bond donors (Lipinski definition) is 2. The lowest BCUT2D eigenvalue weighted by Gasteiger charge is -2.39. The van der Waals surface area contributed by atoms with Crippen LogP contribution in [0.1, 0.15) is 33.1 Å². The molecule has 1 rings (SSSR count). The number of aliphatic hydroxyl groups is 1. The first-order chi connectivity index (χ1) is 6.75. The average Bonchev–Trinajstić information content (AvgIpc) is 2.16. The van der Waals surface area contributed by atoms with E-state index in [-0.39, 0.29) is 0 Å². The molecule has 1 aliphatic rings. The highest BCUT2D eigenvalue weighted by Gasteiger charge is 2.23. The summed E-state index contributed by atoms with van der Waals surface area (Å²) >= 11 is 0. The van der Waals surface area contributed by atoms with E-state index in [0.29, 0.717) is 18.7 Å². The van der Waals surface area contributed by atoms with Crippen molar-refractivity contribution in [2.75, 3.05) is 26.2 Å². The molecule has 0 aromatic heterocycles. The Hall–Kier alpha value is -0.120. The Morgan fingerprint density at radius 3 is 2.36 bits per heavy atom. The maximum atomic E-state index is 8.68. The minimum Gasteiger partial charge on any atom is -0.396 e. The molecule has 0 radical (unpaired) electrons. The van der Waals surface area contributed by atoms with E-state index in [9.17, 15) is 0 Å². The van der Waals surface area contributed by atoms with Crippen LogP contribution in [0.3, 0.4) is 0 Å². The molecule has 0 bridgehead atoms. The minimum absolute atomic E-state index is 0.340. The molecule has 0 aromatic rings. The monoisotopic (exact) mass is 200 g/mol.